The Kier molecular flexibility index (Phi) is 9.32. The molecule has 0 fully saturated rings. The number of hydrogen-bond donors (Lipinski definition) is 0. The largest absolute Gasteiger partial charge is 0.510 e. The van der Waals surface area contributed by atoms with Crippen LogP contribution in [0.4, 0.5) is 0 Å². The molecule has 5 heterocycles. The average Bonchev–Trinajstić information content (AvgIpc) is 1.46. The van der Waals surface area contributed by atoms with Crippen molar-refractivity contribution >= 4 is 109 Å². The summed E-state index contributed by atoms with van der Waals surface area (Å²) < 4.78 is 103. The van der Waals surface area contributed by atoms with Crippen LogP contribution in [-0.4, -0.2) is 13.8 Å². The number of fused-ring (bicyclic) bond motifs is 17. The molecule has 392 valence electrons. The average molecular weight is 1240 g/mol. The van der Waals surface area contributed by atoms with Gasteiger partial charge in [0.15, 0.2) is 0 Å². The van der Waals surface area contributed by atoms with Crippen molar-refractivity contribution in [1.82, 2.24) is 13.8 Å². The first kappa shape index (κ1) is 39.7. The summed E-state index contributed by atoms with van der Waals surface area (Å²) >= 11 is 0. The molecule has 0 atom stereocenters. The maximum Gasteiger partial charge on any atom is 0.268 e. The van der Waals surface area contributed by atoms with Gasteiger partial charge in [-0.1, -0.05) is 244 Å². The summed E-state index contributed by atoms with van der Waals surface area (Å²) in [7, 11) is 0. The fourth-order valence-electron chi connectivity index (χ4n) is 12.5. The van der Waals surface area contributed by atoms with Crippen LogP contribution in [0, 0.1) is 18.5 Å². The van der Waals surface area contributed by atoms with Gasteiger partial charge in [-0.15, -0.1) is 35.0 Å². The standard InChI is InChI=1S/C76H50N4O.Pt/c1-76(2,3)67-43-44-77-75-71(67)63-32-17-16-29-58(63)56-27-12-14-30-59(56)64-35-19-36-66-62-42-40-51(46-70(62)80(75)73(64)66)81-50-39-41-61-57-28-13-10-25-54(57)55-26-11-15-31-60(55)65-37-20-38-68-74(65)79(69(61)45-50)47-78(68)72-52(48-21-6-4-7-22-48)33-18-34-53(72)49-23-8-5-9-24-49;/h4-44H,1-3H3;/q-2;/i4D,5D,6D,7D,8D,9D,21D,22D,23D,24D;. The van der Waals surface area contributed by atoms with E-state index in [0.29, 0.717) is 28.0 Å². The van der Waals surface area contributed by atoms with Crippen LogP contribution in [0.5, 0.6) is 11.5 Å². The molecule has 16 aromatic rings. The monoisotopic (exact) mass is 1240 g/mol. The first-order chi connectivity index (χ1) is 44.0. The van der Waals surface area contributed by atoms with E-state index in [4.69, 9.17) is 17.9 Å². The van der Waals surface area contributed by atoms with Gasteiger partial charge >= 0.3 is 0 Å². The third kappa shape index (κ3) is 7.64. The minimum absolute atomic E-state index is 0. The van der Waals surface area contributed by atoms with E-state index in [-0.39, 0.29) is 54.4 Å². The van der Waals surface area contributed by atoms with Gasteiger partial charge in [0.1, 0.15) is 5.65 Å². The van der Waals surface area contributed by atoms with Gasteiger partial charge in [0.2, 0.25) is 0 Å². The van der Waals surface area contributed by atoms with E-state index in [2.05, 4.69) is 147 Å². The van der Waals surface area contributed by atoms with Crippen LogP contribution < -0.4 is 9.30 Å². The van der Waals surface area contributed by atoms with Crippen molar-refractivity contribution in [1.29, 1.82) is 0 Å². The van der Waals surface area contributed by atoms with Gasteiger partial charge in [-0.3, -0.25) is 4.57 Å². The molecule has 0 saturated heterocycles. The number of imidazole rings is 1. The fourth-order valence-corrected chi connectivity index (χ4v) is 12.5. The number of nitrogens with zero attached hydrogens (tertiary/aromatic N) is 4. The Morgan fingerprint density at radius 3 is 1.45 bits per heavy atom. The number of rotatable bonds is 5. The third-order valence-corrected chi connectivity index (χ3v) is 15.9. The molecular weight excluding hydrogens is 1180 g/mol. The van der Waals surface area contributed by atoms with Crippen molar-refractivity contribution in [3.8, 4) is 39.4 Å². The van der Waals surface area contributed by atoms with Gasteiger partial charge in [0.25, 0.3) is 6.33 Å². The Hall–Kier alpha value is -9.67. The van der Waals surface area contributed by atoms with Gasteiger partial charge in [-0.25, -0.2) is 4.98 Å². The van der Waals surface area contributed by atoms with Gasteiger partial charge < -0.3 is 13.5 Å². The summed E-state index contributed by atoms with van der Waals surface area (Å²) in [6.07, 6.45) is 5.58. The molecular formula is C76H50N4OPt-2. The summed E-state index contributed by atoms with van der Waals surface area (Å²) in [5.74, 6) is 0.738. The van der Waals surface area contributed by atoms with Gasteiger partial charge in [-0.05, 0) is 93.3 Å². The summed E-state index contributed by atoms with van der Waals surface area (Å²) in [5.41, 5.74) is 5.09. The molecule has 0 aliphatic rings. The molecule has 0 amide bonds. The molecule has 5 aromatic heterocycles. The van der Waals surface area contributed by atoms with E-state index >= 15 is 0 Å². The zero-order valence-corrected chi connectivity index (χ0v) is 46.7. The van der Waals surface area contributed by atoms with Crippen molar-refractivity contribution in [2.24, 2.45) is 0 Å². The molecule has 82 heavy (non-hydrogen) atoms. The predicted molar refractivity (Wildman–Crippen MR) is 335 cm³/mol. The Bertz CT molecular complexity index is 5870. The van der Waals surface area contributed by atoms with Gasteiger partial charge in [-0.2, -0.15) is 12.1 Å². The second kappa shape index (κ2) is 19.3. The minimum atomic E-state index is -0.583. The van der Waals surface area contributed by atoms with E-state index in [1.807, 2.05) is 71.3 Å². The fraction of sp³-hybridized carbons (Fsp3) is 0.0526. The molecule has 0 saturated carbocycles. The van der Waals surface area contributed by atoms with Crippen LogP contribution in [0.15, 0.2) is 249 Å². The van der Waals surface area contributed by atoms with E-state index in [0.717, 1.165) is 97.7 Å². The van der Waals surface area contributed by atoms with E-state index in [1.54, 1.807) is 22.8 Å². The van der Waals surface area contributed by atoms with Gasteiger partial charge in [0, 0.05) is 55.1 Å². The topological polar surface area (TPSA) is 34.8 Å². The number of para-hydroxylation sites is 3. The predicted octanol–water partition coefficient (Wildman–Crippen LogP) is 19.2. The Balaban J connectivity index is 0.00000702. The molecule has 5 nitrogen and oxygen atoms in total. The number of pyridine rings is 1. The van der Waals surface area contributed by atoms with Crippen LogP contribution in [-0.2, 0) is 26.5 Å². The normalized spacial score (nSPS) is 13.7. The molecule has 11 aromatic carbocycles. The first-order valence-corrected chi connectivity index (χ1v) is 26.9. The number of benzene rings is 11. The zero-order valence-electron chi connectivity index (χ0n) is 54.4. The van der Waals surface area contributed by atoms with Crippen LogP contribution >= 0.6 is 0 Å². The molecule has 0 aliphatic carbocycles. The Morgan fingerprint density at radius 2 is 0.890 bits per heavy atom. The van der Waals surface area contributed by atoms with Crippen LogP contribution in [0.1, 0.15) is 40.0 Å². The van der Waals surface area contributed by atoms with Crippen molar-refractivity contribution in [2.45, 2.75) is 26.2 Å². The van der Waals surface area contributed by atoms with E-state index < -0.39 is 60.4 Å². The smallest absolute Gasteiger partial charge is 0.268 e. The Morgan fingerprint density at radius 1 is 0.451 bits per heavy atom. The van der Waals surface area contributed by atoms with Crippen LogP contribution in [0.2, 0.25) is 0 Å². The number of hydrogen-bond acceptors (Lipinski definition) is 2. The number of aromatic nitrogens is 4. The molecule has 16 rings (SSSR count). The van der Waals surface area contributed by atoms with Crippen molar-refractivity contribution < 1.29 is 44.1 Å². The summed E-state index contributed by atoms with van der Waals surface area (Å²) in [4.78, 5) is 5.31. The van der Waals surface area contributed by atoms with E-state index in [1.165, 1.54) is 0 Å². The molecule has 0 bridgehead atoms. The summed E-state index contributed by atoms with van der Waals surface area (Å²) in [5, 5.41) is 13.6. The van der Waals surface area contributed by atoms with Crippen LogP contribution in [0.3, 0.4) is 0 Å². The van der Waals surface area contributed by atoms with Crippen molar-refractivity contribution in [3.05, 3.63) is 273 Å². The molecule has 0 radical (unpaired) electrons. The molecule has 0 unspecified atom stereocenters. The molecule has 6 heteroatoms. The zero-order chi connectivity index (χ0) is 62.6. The summed E-state index contributed by atoms with van der Waals surface area (Å²) in [6.45, 7) is 6.71. The first-order valence-electron chi connectivity index (χ1n) is 31.9. The molecule has 0 spiro atoms. The van der Waals surface area contributed by atoms with Crippen molar-refractivity contribution in [2.75, 3.05) is 0 Å². The second-order valence-corrected chi connectivity index (χ2v) is 21.4. The maximum atomic E-state index is 9.35. The summed E-state index contributed by atoms with van der Waals surface area (Å²) in [6, 6.07) is 62.7. The molecule has 0 N–H and O–H groups in total. The Labute approximate surface area is 502 Å². The number of ether oxygens (including phenoxy) is 1. The third-order valence-electron chi connectivity index (χ3n) is 15.9. The van der Waals surface area contributed by atoms with Gasteiger partial charge in [0.05, 0.1) is 30.4 Å². The van der Waals surface area contributed by atoms with E-state index in [9.17, 15) is 5.48 Å². The van der Waals surface area contributed by atoms with Crippen LogP contribution in [0.25, 0.3) is 137 Å². The SMILES string of the molecule is [2H]c1c([2H])c([2H])c(-c2cccc(-c3c([2H])c([2H])c([2H])c([2H])c3[2H])c2-[n+]2[c-]n3c4[c-]c(Oc5[c-]c6c(cc5)c5cccc7c8ccccc8c8ccccc8c8c(C(C)(C)C)ccnc8n6c75)ccc4c4ccccc4c4ccccc4c4cccc2c43)c([2H])c1[2H].[Pt]. The molecule has 0 aliphatic heterocycles. The second-order valence-electron chi connectivity index (χ2n) is 21.4. The quantitative estimate of drug-likeness (QED) is 0.127. The minimum Gasteiger partial charge on any atom is -0.510 e. The maximum absolute atomic E-state index is 9.35. The van der Waals surface area contributed by atoms with Crippen molar-refractivity contribution in [3.63, 3.8) is 0 Å².